The van der Waals surface area contributed by atoms with E-state index in [0.29, 0.717) is 17.1 Å². The summed E-state index contributed by atoms with van der Waals surface area (Å²) in [6.45, 7) is 0.00943. The largest absolute Gasteiger partial charge is 0.454 e. The SMILES string of the molecule is O=C(CNC(=O)c1cccnc1)N/N=C\c1ccc2c(c1)OCO2. The van der Waals surface area contributed by atoms with E-state index in [1.807, 2.05) is 0 Å². The van der Waals surface area contributed by atoms with Crippen molar-refractivity contribution in [3.05, 3.63) is 53.9 Å². The van der Waals surface area contributed by atoms with Crippen LogP contribution in [0.25, 0.3) is 0 Å². The average molecular weight is 326 g/mol. The Morgan fingerprint density at radius 2 is 2.12 bits per heavy atom. The predicted molar refractivity (Wildman–Crippen MR) is 84.9 cm³/mol. The second-order valence-electron chi connectivity index (χ2n) is 4.83. The number of fused-ring (bicyclic) bond motifs is 1. The van der Waals surface area contributed by atoms with Gasteiger partial charge in [0.05, 0.1) is 18.3 Å². The number of aromatic nitrogens is 1. The Morgan fingerprint density at radius 1 is 1.25 bits per heavy atom. The monoisotopic (exact) mass is 326 g/mol. The van der Waals surface area contributed by atoms with Crippen LogP contribution in [0, 0.1) is 0 Å². The third-order valence-corrected chi connectivity index (χ3v) is 3.13. The Balaban J connectivity index is 1.46. The molecule has 0 saturated carbocycles. The van der Waals surface area contributed by atoms with Gasteiger partial charge in [0.1, 0.15) is 0 Å². The van der Waals surface area contributed by atoms with Crippen molar-refractivity contribution in [2.45, 2.75) is 0 Å². The molecule has 0 spiro atoms. The Hall–Kier alpha value is -3.42. The smallest absolute Gasteiger partial charge is 0.259 e. The van der Waals surface area contributed by atoms with Gasteiger partial charge in [0.15, 0.2) is 11.5 Å². The first-order valence-corrected chi connectivity index (χ1v) is 7.12. The first-order valence-electron chi connectivity index (χ1n) is 7.12. The highest BCUT2D eigenvalue weighted by Gasteiger charge is 2.12. The highest BCUT2D eigenvalue weighted by Crippen LogP contribution is 2.31. The number of carbonyl (C=O) groups is 2. The predicted octanol–water partition coefficient (Wildman–Crippen LogP) is 0.690. The number of hydrogen-bond acceptors (Lipinski definition) is 6. The maximum atomic E-state index is 11.8. The number of hydrazone groups is 1. The lowest BCUT2D eigenvalue weighted by molar-refractivity contribution is -0.120. The standard InChI is InChI=1S/C16H14N4O4/c21-15(9-18-16(22)12-2-1-5-17-8-12)20-19-7-11-3-4-13-14(6-11)24-10-23-13/h1-8H,9-10H2,(H,18,22)(H,20,21)/b19-7-. The van der Waals surface area contributed by atoms with Gasteiger partial charge in [-0.3, -0.25) is 14.6 Å². The molecule has 0 atom stereocenters. The van der Waals surface area contributed by atoms with E-state index in [4.69, 9.17) is 9.47 Å². The van der Waals surface area contributed by atoms with Crippen molar-refractivity contribution in [2.75, 3.05) is 13.3 Å². The summed E-state index contributed by atoms with van der Waals surface area (Å²) in [6, 6.07) is 8.55. The van der Waals surface area contributed by atoms with E-state index in [-0.39, 0.29) is 19.2 Å². The van der Waals surface area contributed by atoms with Crippen molar-refractivity contribution in [1.29, 1.82) is 0 Å². The Labute approximate surface area is 137 Å². The van der Waals surface area contributed by atoms with Crippen LogP contribution in [0.4, 0.5) is 0 Å². The van der Waals surface area contributed by atoms with Gasteiger partial charge in [-0.2, -0.15) is 5.10 Å². The van der Waals surface area contributed by atoms with Crippen molar-refractivity contribution < 1.29 is 19.1 Å². The molecule has 24 heavy (non-hydrogen) atoms. The van der Waals surface area contributed by atoms with Crippen molar-refractivity contribution in [1.82, 2.24) is 15.7 Å². The zero-order valence-electron chi connectivity index (χ0n) is 12.6. The van der Waals surface area contributed by atoms with Crippen LogP contribution in [-0.2, 0) is 4.79 Å². The molecule has 122 valence electrons. The van der Waals surface area contributed by atoms with Crippen molar-refractivity contribution in [3.8, 4) is 11.5 Å². The molecule has 1 aromatic carbocycles. The number of nitrogens with zero attached hydrogens (tertiary/aromatic N) is 2. The van der Waals surface area contributed by atoms with Crippen LogP contribution in [0.1, 0.15) is 15.9 Å². The molecule has 2 N–H and O–H groups in total. The number of amides is 2. The molecule has 1 aromatic heterocycles. The first-order chi connectivity index (χ1) is 11.7. The number of hydrogen-bond donors (Lipinski definition) is 2. The van der Waals surface area contributed by atoms with Crippen LogP contribution in [0.2, 0.25) is 0 Å². The molecule has 0 unspecified atom stereocenters. The lowest BCUT2D eigenvalue weighted by atomic mass is 10.2. The molecular weight excluding hydrogens is 312 g/mol. The molecule has 0 fully saturated rings. The zero-order chi connectivity index (χ0) is 16.8. The summed E-state index contributed by atoms with van der Waals surface area (Å²) in [5.74, 6) is 0.491. The minimum atomic E-state index is -0.441. The molecule has 8 heteroatoms. The Bertz CT molecular complexity index is 777. The lowest BCUT2D eigenvalue weighted by Gasteiger charge is -2.03. The third kappa shape index (κ3) is 3.86. The van der Waals surface area contributed by atoms with Gasteiger partial charge in [-0.15, -0.1) is 0 Å². The normalized spacial score (nSPS) is 12.2. The molecule has 2 aromatic rings. The second kappa shape index (κ2) is 7.23. The summed E-state index contributed by atoms with van der Waals surface area (Å²) >= 11 is 0. The van der Waals surface area contributed by atoms with E-state index >= 15 is 0 Å². The maximum absolute atomic E-state index is 11.8. The van der Waals surface area contributed by atoms with E-state index in [1.54, 1.807) is 36.5 Å². The minimum absolute atomic E-state index is 0.188. The first kappa shape index (κ1) is 15.5. The molecule has 0 radical (unpaired) electrons. The van der Waals surface area contributed by atoms with Crippen LogP contribution >= 0.6 is 0 Å². The average Bonchev–Trinajstić information content (AvgIpc) is 3.08. The molecule has 3 rings (SSSR count). The van der Waals surface area contributed by atoms with Crippen molar-refractivity contribution >= 4 is 18.0 Å². The van der Waals surface area contributed by atoms with Gasteiger partial charge < -0.3 is 14.8 Å². The van der Waals surface area contributed by atoms with Crippen LogP contribution < -0.4 is 20.2 Å². The molecule has 2 amide bonds. The molecule has 8 nitrogen and oxygen atoms in total. The highest BCUT2D eigenvalue weighted by atomic mass is 16.7. The van der Waals surface area contributed by atoms with Gasteiger partial charge in [-0.05, 0) is 35.9 Å². The number of benzene rings is 1. The fourth-order valence-electron chi connectivity index (χ4n) is 1.97. The molecule has 2 heterocycles. The zero-order valence-corrected chi connectivity index (χ0v) is 12.6. The molecule has 1 aliphatic rings. The molecule has 0 saturated heterocycles. The summed E-state index contributed by atoms with van der Waals surface area (Å²) in [5.41, 5.74) is 3.47. The summed E-state index contributed by atoms with van der Waals surface area (Å²) in [6.07, 6.45) is 4.46. The number of rotatable bonds is 5. The minimum Gasteiger partial charge on any atom is -0.454 e. The summed E-state index contributed by atoms with van der Waals surface area (Å²) in [7, 11) is 0. The Morgan fingerprint density at radius 3 is 2.96 bits per heavy atom. The fraction of sp³-hybridized carbons (Fsp3) is 0.125. The third-order valence-electron chi connectivity index (χ3n) is 3.13. The van der Waals surface area contributed by atoms with Crippen LogP contribution in [0.15, 0.2) is 47.8 Å². The summed E-state index contributed by atoms with van der Waals surface area (Å²) in [5, 5.41) is 6.31. The van der Waals surface area contributed by atoms with E-state index in [9.17, 15) is 9.59 Å². The number of carbonyl (C=O) groups excluding carboxylic acids is 2. The molecular formula is C16H14N4O4. The van der Waals surface area contributed by atoms with Gasteiger partial charge in [0, 0.05) is 12.4 Å². The topological polar surface area (TPSA) is 102 Å². The van der Waals surface area contributed by atoms with E-state index < -0.39 is 5.91 Å². The maximum Gasteiger partial charge on any atom is 0.259 e. The molecule has 0 bridgehead atoms. The van der Waals surface area contributed by atoms with Crippen molar-refractivity contribution in [2.24, 2.45) is 5.10 Å². The number of nitrogens with one attached hydrogen (secondary N) is 2. The quantitative estimate of drug-likeness (QED) is 0.622. The number of pyridine rings is 1. The van der Waals surface area contributed by atoms with Crippen LogP contribution in [-0.4, -0.2) is 36.4 Å². The van der Waals surface area contributed by atoms with Gasteiger partial charge in [0.2, 0.25) is 6.79 Å². The van der Waals surface area contributed by atoms with E-state index in [1.165, 1.54) is 12.4 Å². The van der Waals surface area contributed by atoms with E-state index in [0.717, 1.165) is 5.56 Å². The lowest BCUT2D eigenvalue weighted by Crippen LogP contribution is -2.34. The van der Waals surface area contributed by atoms with E-state index in [2.05, 4.69) is 20.8 Å². The highest BCUT2D eigenvalue weighted by molar-refractivity contribution is 5.96. The van der Waals surface area contributed by atoms with Gasteiger partial charge >= 0.3 is 0 Å². The van der Waals surface area contributed by atoms with Gasteiger partial charge in [-0.1, -0.05) is 0 Å². The van der Waals surface area contributed by atoms with Crippen LogP contribution in [0.3, 0.4) is 0 Å². The van der Waals surface area contributed by atoms with Gasteiger partial charge in [0.25, 0.3) is 11.8 Å². The second-order valence-corrected chi connectivity index (χ2v) is 4.83. The summed E-state index contributed by atoms with van der Waals surface area (Å²) < 4.78 is 10.5. The Kier molecular flexibility index (Phi) is 4.66. The van der Waals surface area contributed by atoms with Gasteiger partial charge in [-0.25, -0.2) is 5.43 Å². The molecule has 0 aliphatic carbocycles. The van der Waals surface area contributed by atoms with Crippen molar-refractivity contribution in [3.63, 3.8) is 0 Å². The molecule has 1 aliphatic heterocycles. The summed E-state index contributed by atoms with van der Waals surface area (Å²) in [4.78, 5) is 27.3. The fourth-order valence-corrected chi connectivity index (χ4v) is 1.97. The number of ether oxygens (including phenoxy) is 2. The van der Waals surface area contributed by atoms with Crippen LogP contribution in [0.5, 0.6) is 11.5 Å².